The molecule has 0 fully saturated rings. The monoisotopic (exact) mass is 287 g/mol. The van der Waals surface area contributed by atoms with Crippen LogP contribution in [0.1, 0.15) is 16.7 Å². The third-order valence-corrected chi connectivity index (χ3v) is 3.23. The molecule has 0 bridgehead atoms. The van der Waals surface area contributed by atoms with E-state index in [0.717, 1.165) is 6.07 Å². The maximum atomic E-state index is 13.0. The second-order valence-electron chi connectivity index (χ2n) is 4.53. The maximum absolute atomic E-state index is 13.0. The molecule has 2 rings (SSSR count). The first-order valence-electron chi connectivity index (χ1n) is 6.27. The van der Waals surface area contributed by atoms with Gasteiger partial charge in [-0.1, -0.05) is 36.4 Å². The molecule has 106 valence electrons. The molecule has 2 aromatic carbocycles. The second-order valence-corrected chi connectivity index (χ2v) is 4.53. The van der Waals surface area contributed by atoms with Crippen molar-refractivity contribution < 1.29 is 13.2 Å². The van der Waals surface area contributed by atoms with Gasteiger partial charge in [-0.05, 0) is 41.3 Å². The topological polar surface area (TPSA) is 23.8 Å². The second kappa shape index (κ2) is 5.84. The molecule has 0 aliphatic heterocycles. The predicted octanol–water partition coefficient (Wildman–Crippen LogP) is 5.22. The molecule has 0 spiro atoms. The highest BCUT2D eigenvalue weighted by Crippen LogP contribution is 2.37. The lowest BCUT2D eigenvalue weighted by molar-refractivity contribution is -0.138. The van der Waals surface area contributed by atoms with Crippen molar-refractivity contribution in [3.8, 4) is 17.2 Å². The fraction of sp³-hybridized carbons (Fsp3) is 0.118. The first kappa shape index (κ1) is 14.9. The zero-order valence-electron chi connectivity index (χ0n) is 11.3. The Morgan fingerprint density at radius 2 is 1.67 bits per heavy atom. The van der Waals surface area contributed by atoms with Crippen molar-refractivity contribution in [2.75, 3.05) is 0 Å². The summed E-state index contributed by atoms with van der Waals surface area (Å²) in [6, 6.07) is 13.1. The van der Waals surface area contributed by atoms with Crippen molar-refractivity contribution in [2.24, 2.45) is 0 Å². The summed E-state index contributed by atoms with van der Waals surface area (Å²) in [6.07, 6.45) is -1.48. The van der Waals surface area contributed by atoms with E-state index in [-0.39, 0.29) is 5.56 Å². The van der Waals surface area contributed by atoms with Crippen molar-refractivity contribution in [3.05, 3.63) is 65.2 Å². The number of halogens is 3. The van der Waals surface area contributed by atoms with Crippen molar-refractivity contribution in [1.82, 2.24) is 0 Å². The minimum Gasteiger partial charge on any atom is -0.193 e. The summed E-state index contributed by atoms with van der Waals surface area (Å²) >= 11 is 0. The van der Waals surface area contributed by atoms with Crippen LogP contribution in [-0.2, 0) is 6.18 Å². The molecule has 0 aliphatic rings. The van der Waals surface area contributed by atoms with Crippen LogP contribution < -0.4 is 0 Å². The molecule has 1 nitrogen and oxygen atoms in total. The summed E-state index contributed by atoms with van der Waals surface area (Å²) in [5.74, 6) is 0. The number of nitriles is 1. The number of allylic oxidation sites excluding steroid dienone is 1. The molecule has 4 heteroatoms. The number of hydrogen-bond acceptors (Lipinski definition) is 1. The summed E-state index contributed by atoms with van der Waals surface area (Å²) in [5.41, 5.74) is 1.44. The Hall–Kier alpha value is -2.54. The quantitative estimate of drug-likeness (QED) is 0.695. The van der Waals surface area contributed by atoms with Crippen LogP contribution >= 0.6 is 0 Å². The van der Waals surface area contributed by atoms with E-state index in [1.54, 1.807) is 36.4 Å². The molecule has 0 amide bonds. The lowest BCUT2D eigenvalue weighted by Crippen LogP contribution is -2.08. The van der Waals surface area contributed by atoms with E-state index >= 15 is 0 Å². The summed E-state index contributed by atoms with van der Waals surface area (Å²) in [7, 11) is 0. The van der Waals surface area contributed by atoms with Crippen LogP contribution in [0.4, 0.5) is 13.2 Å². The number of benzene rings is 2. The third kappa shape index (κ3) is 3.14. The van der Waals surface area contributed by atoms with Crippen LogP contribution in [0.3, 0.4) is 0 Å². The summed E-state index contributed by atoms with van der Waals surface area (Å²) in [4.78, 5) is 0. The number of nitrogens with zero attached hydrogens (tertiary/aromatic N) is 1. The Balaban J connectivity index is 2.64. The van der Waals surface area contributed by atoms with Gasteiger partial charge in [0.15, 0.2) is 0 Å². The number of alkyl halides is 3. The fourth-order valence-electron chi connectivity index (χ4n) is 2.25. The van der Waals surface area contributed by atoms with E-state index < -0.39 is 11.7 Å². The van der Waals surface area contributed by atoms with Crippen LogP contribution in [0.15, 0.2) is 48.5 Å². The zero-order valence-corrected chi connectivity index (χ0v) is 11.3. The average Bonchev–Trinajstić information content (AvgIpc) is 2.44. The van der Waals surface area contributed by atoms with E-state index in [2.05, 4.69) is 0 Å². The van der Waals surface area contributed by atoms with Crippen LogP contribution in [0.5, 0.6) is 0 Å². The maximum Gasteiger partial charge on any atom is 0.416 e. The minimum atomic E-state index is -4.38. The lowest BCUT2D eigenvalue weighted by Gasteiger charge is -2.15. The molecule has 0 heterocycles. The van der Waals surface area contributed by atoms with E-state index in [1.807, 2.05) is 6.07 Å². The summed E-state index contributed by atoms with van der Waals surface area (Å²) < 4.78 is 39.0. The van der Waals surface area contributed by atoms with E-state index in [0.29, 0.717) is 16.7 Å². The Morgan fingerprint density at radius 3 is 2.33 bits per heavy atom. The van der Waals surface area contributed by atoms with Gasteiger partial charge in [-0.3, -0.25) is 0 Å². The molecular weight excluding hydrogens is 275 g/mol. The molecule has 0 radical (unpaired) electrons. The van der Waals surface area contributed by atoms with Gasteiger partial charge < -0.3 is 0 Å². The zero-order chi connectivity index (χ0) is 15.5. The van der Waals surface area contributed by atoms with Gasteiger partial charge in [0.2, 0.25) is 0 Å². The Morgan fingerprint density at radius 1 is 1.00 bits per heavy atom. The average molecular weight is 287 g/mol. The molecule has 0 atom stereocenters. The largest absolute Gasteiger partial charge is 0.416 e. The number of hydrogen-bond donors (Lipinski definition) is 0. The standard InChI is InChI=1S/C17H12F3N/c1-12-14(9-4-10-16(12)17(18,19)20)15-8-3-2-6-13(15)7-5-11-21/h2-10H,1H3/b7-5+. The number of rotatable bonds is 2. The lowest BCUT2D eigenvalue weighted by atomic mass is 9.93. The molecule has 2 aromatic rings. The molecular formula is C17H12F3N. The van der Waals surface area contributed by atoms with Crippen LogP contribution in [0.25, 0.3) is 17.2 Å². The highest BCUT2D eigenvalue weighted by atomic mass is 19.4. The minimum absolute atomic E-state index is 0.183. The van der Waals surface area contributed by atoms with Gasteiger partial charge in [0, 0.05) is 6.08 Å². The third-order valence-electron chi connectivity index (χ3n) is 3.23. The van der Waals surface area contributed by atoms with Crippen LogP contribution in [0.2, 0.25) is 0 Å². The highest BCUT2D eigenvalue weighted by molar-refractivity contribution is 5.78. The predicted molar refractivity (Wildman–Crippen MR) is 76.3 cm³/mol. The van der Waals surface area contributed by atoms with Gasteiger partial charge in [0.25, 0.3) is 0 Å². The molecule has 0 saturated carbocycles. The van der Waals surface area contributed by atoms with Gasteiger partial charge in [-0.2, -0.15) is 18.4 Å². The SMILES string of the molecule is Cc1c(-c2ccccc2/C=C/C#N)cccc1C(F)(F)F. The Bertz CT molecular complexity index is 722. The first-order chi connectivity index (χ1) is 9.95. The van der Waals surface area contributed by atoms with Gasteiger partial charge in [0.1, 0.15) is 0 Å². The van der Waals surface area contributed by atoms with Gasteiger partial charge in [-0.15, -0.1) is 0 Å². The van der Waals surface area contributed by atoms with E-state index in [9.17, 15) is 13.2 Å². The molecule has 0 unspecified atom stereocenters. The van der Waals surface area contributed by atoms with Gasteiger partial charge in [0.05, 0.1) is 11.6 Å². The van der Waals surface area contributed by atoms with Crippen molar-refractivity contribution in [1.29, 1.82) is 5.26 Å². The van der Waals surface area contributed by atoms with E-state index in [1.165, 1.54) is 19.1 Å². The highest BCUT2D eigenvalue weighted by Gasteiger charge is 2.33. The van der Waals surface area contributed by atoms with Gasteiger partial charge >= 0.3 is 6.18 Å². The Labute approximate surface area is 121 Å². The van der Waals surface area contributed by atoms with Crippen molar-refractivity contribution in [2.45, 2.75) is 13.1 Å². The van der Waals surface area contributed by atoms with Crippen LogP contribution in [0, 0.1) is 18.3 Å². The smallest absolute Gasteiger partial charge is 0.193 e. The van der Waals surface area contributed by atoms with Crippen molar-refractivity contribution >= 4 is 6.08 Å². The molecule has 21 heavy (non-hydrogen) atoms. The van der Waals surface area contributed by atoms with E-state index in [4.69, 9.17) is 5.26 Å². The molecule has 0 saturated heterocycles. The molecule has 0 N–H and O–H groups in total. The molecule has 0 aliphatic carbocycles. The summed E-state index contributed by atoms with van der Waals surface area (Å²) in [6.45, 7) is 1.46. The normalized spacial score (nSPS) is 11.6. The molecule has 0 aromatic heterocycles. The Kier molecular flexibility index (Phi) is 4.13. The van der Waals surface area contributed by atoms with Crippen LogP contribution in [-0.4, -0.2) is 0 Å². The van der Waals surface area contributed by atoms with Gasteiger partial charge in [-0.25, -0.2) is 0 Å². The van der Waals surface area contributed by atoms with Crippen molar-refractivity contribution in [3.63, 3.8) is 0 Å². The first-order valence-corrected chi connectivity index (χ1v) is 6.27. The summed E-state index contributed by atoms with van der Waals surface area (Å²) in [5, 5.41) is 8.61. The fourth-order valence-corrected chi connectivity index (χ4v) is 2.25.